The van der Waals surface area contributed by atoms with E-state index in [2.05, 4.69) is 5.32 Å². The van der Waals surface area contributed by atoms with Crippen LogP contribution in [0.4, 0.5) is 10.5 Å². The van der Waals surface area contributed by atoms with Gasteiger partial charge in [-0.1, -0.05) is 36.4 Å². The van der Waals surface area contributed by atoms with Gasteiger partial charge in [-0.15, -0.1) is 0 Å². The molecule has 0 radical (unpaired) electrons. The minimum Gasteiger partial charge on any atom is -0.377 e. The average Bonchev–Trinajstić information content (AvgIpc) is 2.73. The molecule has 1 heterocycles. The van der Waals surface area contributed by atoms with Gasteiger partial charge < -0.3 is 19.9 Å². The fourth-order valence-corrected chi connectivity index (χ4v) is 3.05. The van der Waals surface area contributed by atoms with Crippen molar-refractivity contribution in [3.05, 3.63) is 65.7 Å². The number of rotatable bonds is 5. The molecule has 142 valence electrons. The fourth-order valence-electron chi connectivity index (χ4n) is 3.05. The third-order valence-electron chi connectivity index (χ3n) is 4.60. The zero-order valence-electron chi connectivity index (χ0n) is 15.6. The lowest BCUT2D eigenvalue weighted by molar-refractivity contribution is 0.0671. The van der Waals surface area contributed by atoms with Crippen molar-refractivity contribution in [1.29, 1.82) is 0 Å². The van der Waals surface area contributed by atoms with E-state index in [1.165, 1.54) is 0 Å². The predicted molar refractivity (Wildman–Crippen MR) is 105 cm³/mol. The van der Waals surface area contributed by atoms with Crippen LogP contribution in [-0.4, -0.2) is 54.5 Å². The maximum atomic E-state index is 12.6. The predicted octanol–water partition coefficient (Wildman–Crippen LogP) is 3.21. The van der Waals surface area contributed by atoms with Crippen molar-refractivity contribution in [2.75, 3.05) is 38.1 Å². The van der Waals surface area contributed by atoms with E-state index in [0.29, 0.717) is 45.0 Å². The maximum Gasteiger partial charge on any atom is 0.321 e. The number of urea groups is 1. The molecule has 1 fully saturated rings. The van der Waals surface area contributed by atoms with Crippen molar-refractivity contribution in [2.45, 2.75) is 13.5 Å². The zero-order valence-corrected chi connectivity index (χ0v) is 15.6. The van der Waals surface area contributed by atoms with Crippen LogP contribution in [0, 0.1) is 0 Å². The number of anilines is 1. The Hall–Kier alpha value is -2.86. The summed E-state index contributed by atoms with van der Waals surface area (Å²) in [5.74, 6) is 0.0118. The molecule has 0 saturated carbocycles. The lowest BCUT2D eigenvalue weighted by atomic mass is 10.2. The molecule has 2 aromatic carbocycles. The molecule has 1 saturated heterocycles. The molecule has 27 heavy (non-hydrogen) atoms. The van der Waals surface area contributed by atoms with Crippen LogP contribution in [0.25, 0.3) is 0 Å². The van der Waals surface area contributed by atoms with Crippen LogP contribution in [-0.2, 0) is 11.3 Å². The molecule has 6 nitrogen and oxygen atoms in total. The Labute approximate surface area is 159 Å². The van der Waals surface area contributed by atoms with Crippen LogP contribution in [0.1, 0.15) is 22.8 Å². The van der Waals surface area contributed by atoms with Gasteiger partial charge in [0.1, 0.15) is 0 Å². The maximum absolute atomic E-state index is 12.6. The first-order valence-electron chi connectivity index (χ1n) is 9.25. The van der Waals surface area contributed by atoms with Crippen LogP contribution in [0.2, 0.25) is 0 Å². The molecule has 2 aromatic rings. The Bertz CT molecular complexity index is 771. The molecule has 6 heteroatoms. The summed E-state index contributed by atoms with van der Waals surface area (Å²) in [6.45, 7) is 5.11. The smallest absolute Gasteiger partial charge is 0.321 e. The van der Waals surface area contributed by atoms with E-state index in [4.69, 9.17) is 4.74 Å². The molecule has 3 rings (SSSR count). The van der Waals surface area contributed by atoms with Crippen LogP contribution < -0.4 is 5.32 Å². The Balaban J connectivity index is 1.55. The number of carbonyl (C=O) groups excluding carboxylic acids is 2. The Morgan fingerprint density at radius 1 is 0.926 bits per heavy atom. The topological polar surface area (TPSA) is 61.9 Å². The fraction of sp³-hybridized carbons (Fsp3) is 0.333. The van der Waals surface area contributed by atoms with Crippen molar-refractivity contribution in [1.82, 2.24) is 9.80 Å². The van der Waals surface area contributed by atoms with E-state index >= 15 is 0 Å². The molecular formula is C21H25N3O3. The lowest BCUT2D eigenvalue weighted by Gasteiger charge is -2.34. The van der Waals surface area contributed by atoms with Crippen molar-refractivity contribution >= 4 is 17.6 Å². The lowest BCUT2D eigenvalue weighted by Crippen LogP contribution is -2.51. The highest BCUT2D eigenvalue weighted by molar-refractivity contribution is 5.94. The molecule has 0 spiro atoms. The van der Waals surface area contributed by atoms with Gasteiger partial charge in [0.15, 0.2) is 0 Å². The standard InChI is InChI=1S/C21H25N3O3/c1-2-27-16-18-10-6-7-11-19(18)22-21(26)24-14-12-23(13-15-24)20(25)17-8-4-3-5-9-17/h3-11H,2,12-16H2,1H3,(H,22,26). The molecule has 0 aromatic heterocycles. The molecule has 1 aliphatic heterocycles. The van der Waals surface area contributed by atoms with Gasteiger partial charge in [-0.3, -0.25) is 4.79 Å². The number of benzene rings is 2. The molecular weight excluding hydrogens is 342 g/mol. The van der Waals surface area contributed by atoms with Gasteiger partial charge in [0.05, 0.1) is 6.61 Å². The second-order valence-electron chi connectivity index (χ2n) is 6.37. The zero-order chi connectivity index (χ0) is 19.1. The minimum atomic E-state index is -0.147. The SMILES string of the molecule is CCOCc1ccccc1NC(=O)N1CCN(C(=O)c2ccccc2)CC1. The minimum absolute atomic E-state index is 0.0118. The number of ether oxygens (including phenoxy) is 1. The largest absolute Gasteiger partial charge is 0.377 e. The number of para-hydroxylation sites is 1. The summed E-state index contributed by atoms with van der Waals surface area (Å²) >= 11 is 0. The highest BCUT2D eigenvalue weighted by Gasteiger charge is 2.25. The second kappa shape index (κ2) is 9.19. The Kier molecular flexibility index (Phi) is 6.44. The third-order valence-corrected chi connectivity index (χ3v) is 4.60. The summed E-state index contributed by atoms with van der Waals surface area (Å²) in [5, 5.41) is 2.97. The molecule has 0 atom stereocenters. The summed E-state index contributed by atoms with van der Waals surface area (Å²) in [5.41, 5.74) is 2.39. The monoisotopic (exact) mass is 367 g/mol. The number of piperazine rings is 1. The molecule has 0 bridgehead atoms. The molecule has 1 N–H and O–H groups in total. The second-order valence-corrected chi connectivity index (χ2v) is 6.37. The first-order chi connectivity index (χ1) is 13.2. The number of nitrogens with one attached hydrogen (secondary N) is 1. The van der Waals surface area contributed by atoms with Gasteiger partial charge in [0.25, 0.3) is 5.91 Å². The molecule has 0 aliphatic carbocycles. The van der Waals surface area contributed by atoms with Crippen LogP contribution in [0.3, 0.4) is 0 Å². The van der Waals surface area contributed by atoms with Gasteiger partial charge in [-0.25, -0.2) is 4.79 Å². The summed E-state index contributed by atoms with van der Waals surface area (Å²) in [6, 6.07) is 16.7. The summed E-state index contributed by atoms with van der Waals surface area (Å²) in [4.78, 5) is 28.7. The van der Waals surface area contributed by atoms with E-state index in [1.807, 2.05) is 61.5 Å². The number of nitrogens with zero attached hydrogens (tertiary/aromatic N) is 2. The first-order valence-corrected chi connectivity index (χ1v) is 9.25. The van der Waals surface area contributed by atoms with Gasteiger partial charge in [0, 0.05) is 49.6 Å². The number of carbonyl (C=O) groups is 2. The van der Waals surface area contributed by atoms with Gasteiger partial charge in [-0.2, -0.15) is 0 Å². The highest BCUT2D eigenvalue weighted by atomic mass is 16.5. The van der Waals surface area contributed by atoms with Crippen molar-refractivity contribution in [3.63, 3.8) is 0 Å². The quantitative estimate of drug-likeness (QED) is 0.883. The van der Waals surface area contributed by atoms with Gasteiger partial charge >= 0.3 is 6.03 Å². The van der Waals surface area contributed by atoms with Gasteiger partial charge in [0.2, 0.25) is 0 Å². The van der Waals surface area contributed by atoms with Crippen LogP contribution in [0.15, 0.2) is 54.6 Å². The normalized spacial score (nSPS) is 14.1. The number of hydrogen-bond donors (Lipinski definition) is 1. The van der Waals surface area contributed by atoms with Crippen LogP contribution in [0.5, 0.6) is 0 Å². The van der Waals surface area contributed by atoms with Crippen LogP contribution >= 0.6 is 0 Å². The summed E-state index contributed by atoms with van der Waals surface area (Å²) < 4.78 is 5.46. The molecule has 3 amide bonds. The van der Waals surface area contributed by atoms with Crippen molar-refractivity contribution in [2.24, 2.45) is 0 Å². The Morgan fingerprint density at radius 2 is 1.56 bits per heavy atom. The molecule has 1 aliphatic rings. The number of amides is 3. The Morgan fingerprint density at radius 3 is 2.26 bits per heavy atom. The molecule has 0 unspecified atom stereocenters. The highest BCUT2D eigenvalue weighted by Crippen LogP contribution is 2.17. The first kappa shape index (κ1) is 18.9. The van der Waals surface area contributed by atoms with E-state index in [0.717, 1.165) is 11.3 Å². The van der Waals surface area contributed by atoms with Crippen molar-refractivity contribution < 1.29 is 14.3 Å². The van der Waals surface area contributed by atoms with E-state index in [1.54, 1.807) is 9.80 Å². The summed E-state index contributed by atoms with van der Waals surface area (Å²) in [6.07, 6.45) is 0. The van der Waals surface area contributed by atoms with E-state index in [9.17, 15) is 9.59 Å². The van der Waals surface area contributed by atoms with Crippen molar-refractivity contribution in [3.8, 4) is 0 Å². The number of hydrogen-bond acceptors (Lipinski definition) is 3. The summed E-state index contributed by atoms with van der Waals surface area (Å²) in [7, 11) is 0. The van der Waals surface area contributed by atoms with E-state index in [-0.39, 0.29) is 11.9 Å². The van der Waals surface area contributed by atoms with Gasteiger partial charge in [-0.05, 0) is 25.1 Å². The third kappa shape index (κ3) is 4.86. The van der Waals surface area contributed by atoms with E-state index < -0.39 is 0 Å². The average molecular weight is 367 g/mol.